The molecule has 0 saturated carbocycles. The number of hydrogen-bond acceptors (Lipinski definition) is 12. The van der Waals surface area contributed by atoms with Crippen molar-refractivity contribution >= 4 is 46.3 Å². The Balaban J connectivity index is 1.82. The first-order chi connectivity index (χ1) is 17.4. The Bertz CT molecular complexity index is 1510. The van der Waals surface area contributed by atoms with E-state index in [0.717, 1.165) is 42.5 Å². The monoisotopic (exact) mass is 532 g/mol. The van der Waals surface area contributed by atoms with Gasteiger partial charge in [0.05, 0.1) is 36.8 Å². The number of carbonyl (C=O) groups is 2. The van der Waals surface area contributed by atoms with Crippen LogP contribution in [0, 0.1) is 40.5 Å². The highest BCUT2D eigenvalue weighted by molar-refractivity contribution is 6.32. The lowest BCUT2D eigenvalue weighted by atomic mass is 10.1. The van der Waals surface area contributed by atoms with Gasteiger partial charge in [0.2, 0.25) is 0 Å². The van der Waals surface area contributed by atoms with Gasteiger partial charge in [0.25, 0.3) is 22.7 Å². The largest absolute Gasteiger partial charge is 0.423 e. The van der Waals surface area contributed by atoms with Crippen LogP contribution in [-0.4, -0.2) is 31.6 Å². The molecule has 17 heteroatoms. The summed E-state index contributed by atoms with van der Waals surface area (Å²) in [6.07, 6.45) is 0. The molecule has 0 atom stereocenters. The van der Waals surface area contributed by atoms with Crippen LogP contribution < -0.4 is 9.47 Å². The lowest BCUT2D eigenvalue weighted by Crippen LogP contribution is -2.13. The number of nitro groups is 4. The molecule has 0 aliphatic rings. The van der Waals surface area contributed by atoms with Gasteiger partial charge in [-0.1, -0.05) is 11.6 Å². The van der Waals surface area contributed by atoms with Crippen molar-refractivity contribution in [3.63, 3.8) is 0 Å². The quantitative estimate of drug-likeness (QED) is 0.170. The van der Waals surface area contributed by atoms with Gasteiger partial charge >= 0.3 is 11.9 Å². The van der Waals surface area contributed by atoms with Crippen molar-refractivity contribution in [1.82, 2.24) is 0 Å². The second-order valence-electron chi connectivity index (χ2n) is 6.80. The van der Waals surface area contributed by atoms with E-state index in [9.17, 15) is 50.0 Å². The number of esters is 2. The molecule has 0 N–H and O–H groups in total. The average molecular weight is 533 g/mol. The zero-order chi connectivity index (χ0) is 27.4. The number of halogens is 1. The van der Waals surface area contributed by atoms with E-state index in [1.54, 1.807) is 0 Å². The molecule has 3 aromatic carbocycles. The Morgan fingerprint density at radius 1 is 0.622 bits per heavy atom. The van der Waals surface area contributed by atoms with E-state index in [4.69, 9.17) is 21.1 Å². The third-order valence-electron chi connectivity index (χ3n) is 4.53. The molecule has 0 amide bonds. The maximum atomic E-state index is 12.4. The van der Waals surface area contributed by atoms with Gasteiger partial charge in [0, 0.05) is 18.2 Å². The molecule has 0 aliphatic carbocycles. The predicted molar refractivity (Wildman–Crippen MR) is 121 cm³/mol. The van der Waals surface area contributed by atoms with Gasteiger partial charge in [0.1, 0.15) is 22.6 Å². The molecule has 0 bridgehead atoms. The van der Waals surface area contributed by atoms with Crippen LogP contribution >= 0.6 is 11.6 Å². The molecule has 37 heavy (non-hydrogen) atoms. The Hall–Kier alpha value is -5.51. The highest BCUT2D eigenvalue weighted by Gasteiger charge is 2.27. The lowest BCUT2D eigenvalue weighted by molar-refractivity contribution is -0.394. The summed E-state index contributed by atoms with van der Waals surface area (Å²) >= 11 is 6.02. The van der Waals surface area contributed by atoms with Crippen LogP contribution in [-0.2, 0) is 0 Å². The van der Waals surface area contributed by atoms with Gasteiger partial charge in [-0.25, -0.2) is 9.59 Å². The SMILES string of the molecule is O=C(Oc1ccc(OC(=O)c2ccc([N+](=O)[O-])cc2[N+](=O)[O-])c(Cl)c1)c1ccc([N+](=O)[O-])cc1[N+](=O)[O-]. The molecule has 0 heterocycles. The molecular formula is C20H9ClN4O12. The van der Waals surface area contributed by atoms with E-state index in [1.807, 2.05) is 0 Å². The summed E-state index contributed by atoms with van der Waals surface area (Å²) in [5.74, 6) is -3.11. The number of hydrogen-bond donors (Lipinski definition) is 0. The number of nitrogens with zero attached hydrogens (tertiary/aromatic N) is 4. The number of nitro benzene ring substituents is 4. The Morgan fingerprint density at radius 3 is 1.49 bits per heavy atom. The van der Waals surface area contributed by atoms with Crippen LogP contribution in [0.15, 0.2) is 54.6 Å². The van der Waals surface area contributed by atoms with Crippen LogP contribution in [0.3, 0.4) is 0 Å². The van der Waals surface area contributed by atoms with Crippen LogP contribution in [0.1, 0.15) is 20.7 Å². The minimum absolute atomic E-state index is 0.260. The molecular weight excluding hydrogens is 524 g/mol. The second-order valence-corrected chi connectivity index (χ2v) is 7.21. The first kappa shape index (κ1) is 26.1. The van der Waals surface area contributed by atoms with E-state index in [0.29, 0.717) is 12.1 Å². The van der Waals surface area contributed by atoms with Crippen LogP contribution in [0.25, 0.3) is 0 Å². The number of non-ortho nitro benzene ring substituents is 2. The van der Waals surface area contributed by atoms with E-state index < -0.39 is 65.5 Å². The van der Waals surface area contributed by atoms with E-state index in [1.165, 1.54) is 0 Å². The fraction of sp³-hybridized carbons (Fsp3) is 0. The smallest absolute Gasteiger partial charge is 0.350 e. The van der Waals surface area contributed by atoms with Crippen molar-refractivity contribution in [2.75, 3.05) is 0 Å². The number of rotatable bonds is 8. The Labute approximate surface area is 208 Å². The summed E-state index contributed by atoms with van der Waals surface area (Å²) in [5, 5.41) is 43.8. The summed E-state index contributed by atoms with van der Waals surface area (Å²) in [7, 11) is 0. The molecule has 188 valence electrons. The minimum atomic E-state index is -1.27. The van der Waals surface area contributed by atoms with E-state index in [-0.39, 0.29) is 16.5 Å². The maximum Gasteiger partial charge on any atom is 0.350 e. The third-order valence-corrected chi connectivity index (χ3v) is 4.83. The first-order valence-corrected chi connectivity index (χ1v) is 9.86. The van der Waals surface area contributed by atoms with Gasteiger partial charge in [-0.15, -0.1) is 0 Å². The molecule has 0 saturated heterocycles. The standard InChI is InChI=1S/C20H9ClN4O12/c21-15-9-12(36-19(26)13-4-1-10(22(28)29)7-16(13)24(32)33)3-6-18(15)37-20(27)14-5-2-11(23(30)31)8-17(14)25(34)35/h1-9H. The van der Waals surface area contributed by atoms with Crippen molar-refractivity contribution in [3.8, 4) is 11.5 Å². The molecule has 16 nitrogen and oxygen atoms in total. The zero-order valence-electron chi connectivity index (χ0n) is 17.8. The van der Waals surface area contributed by atoms with Crippen molar-refractivity contribution in [3.05, 3.63) is 111 Å². The van der Waals surface area contributed by atoms with Crippen molar-refractivity contribution in [2.24, 2.45) is 0 Å². The highest BCUT2D eigenvalue weighted by Crippen LogP contribution is 2.32. The average Bonchev–Trinajstić information content (AvgIpc) is 2.84. The summed E-state index contributed by atoms with van der Waals surface area (Å²) < 4.78 is 10.0. The summed E-state index contributed by atoms with van der Waals surface area (Å²) in [6, 6.07) is 7.69. The topological polar surface area (TPSA) is 225 Å². The zero-order valence-corrected chi connectivity index (χ0v) is 18.5. The van der Waals surface area contributed by atoms with Crippen LogP contribution in [0.2, 0.25) is 5.02 Å². The van der Waals surface area contributed by atoms with E-state index in [2.05, 4.69) is 0 Å². The molecule has 0 spiro atoms. The van der Waals surface area contributed by atoms with E-state index >= 15 is 0 Å². The van der Waals surface area contributed by atoms with Gasteiger partial charge in [-0.05, 0) is 24.3 Å². The van der Waals surface area contributed by atoms with Crippen molar-refractivity contribution in [1.29, 1.82) is 0 Å². The van der Waals surface area contributed by atoms with Crippen LogP contribution in [0.5, 0.6) is 11.5 Å². The minimum Gasteiger partial charge on any atom is -0.423 e. The van der Waals surface area contributed by atoms with Crippen molar-refractivity contribution < 1.29 is 38.8 Å². The predicted octanol–water partition coefficient (Wildman–Crippen LogP) is 4.41. The summed E-state index contributed by atoms with van der Waals surface area (Å²) in [4.78, 5) is 65.2. The first-order valence-electron chi connectivity index (χ1n) is 9.48. The normalized spacial score (nSPS) is 10.3. The second kappa shape index (κ2) is 10.4. The molecule has 0 aliphatic heterocycles. The lowest BCUT2D eigenvalue weighted by Gasteiger charge is -2.09. The highest BCUT2D eigenvalue weighted by atomic mass is 35.5. The number of ether oxygens (including phenoxy) is 2. The summed E-state index contributed by atoms with van der Waals surface area (Å²) in [5.41, 5.74) is -4.20. The number of benzene rings is 3. The fourth-order valence-corrected chi connectivity index (χ4v) is 3.07. The molecule has 0 unspecified atom stereocenters. The van der Waals surface area contributed by atoms with Crippen LogP contribution in [0.4, 0.5) is 22.7 Å². The Morgan fingerprint density at radius 2 is 1.08 bits per heavy atom. The Kier molecular flexibility index (Phi) is 7.34. The molecule has 0 radical (unpaired) electrons. The molecule has 0 aromatic heterocycles. The van der Waals surface area contributed by atoms with Gasteiger partial charge in [-0.2, -0.15) is 0 Å². The number of carbonyl (C=O) groups excluding carboxylic acids is 2. The van der Waals surface area contributed by atoms with Crippen molar-refractivity contribution in [2.45, 2.75) is 0 Å². The van der Waals surface area contributed by atoms with Gasteiger partial charge < -0.3 is 9.47 Å². The van der Waals surface area contributed by atoms with Gasteiger partial charge in [0.15, 0.2) is 0 Å². The molecule has 3 rings (SSSR count). The van der Waals surface area contributed by atoms with Gasteiger partial charge in [-0.3, -0.25) is 40.5 Å². The molecule has 3 aromatic rings. The summed E-state index contributed by atoms with van der Waals surface area (Å²) in [6.45, 7) is 0. The maximum absolute atomic E-state index is 12.4. The molecule has 0 fully saturated rings. The third kappa shape index (κ3) is 5.77. The fourth-order valence-electron chi connectivity index (χ4n) is 2.86.